The van der Waals surface area contributed by atoms with Crippen LogP contribution in [0.2, 0.25) is 0 Å². The Labute approximate surface area is 85.0 Å². The zero-order valence-corrected chi connectivity index (χ0v) is 8.39. The Morgan fingerprint density at radius 3 is 2.69 bits per heavy atom. The van der Waals surface area contributed by atoms with Crippen molar-refractivity contribution in [1.82, 2.24) is 4.98 Å². The molecule has 0 spiro atoms. The van der Waals surface area contributed by atoms with Gasteiger partial charge in [-0.1, -0.05) is 12.5 Å². The molecule has 1 fully saturated rings. The van der Waals surface area contributed by atoms with Gasteiger partial charge >= 0.3 is 0 Å². The Morgan fingerprint density at radius 2 is 2.15 bits per heavy atom. The third-order valence-corrected chi connectivity index (χ3v) is 2.63. The van der Waals surface area contributed by atoms with Crippen LogP contribution in [0, 0.1) is 0 Å². The SMILES string of the molecule is Cl.NCc1cncc(C2CCC2)c1. The highest BCUT2D eigenvalue weighted by molar-refractivity contribution is 5.85. The second-order valence-corrected chi connectivity index (χ2v) is 3.46. The van der Waals surface area contributed by atoms with Gasteiger partial charge in [-0.3, -0.25) is 4.98 Å². The summed E-state index contributed by atoms with van der Waals surface area (Å²) in [6.07, 6.45) is 7.86. The number of aromatic nitrogens is 1. The van der Waals surface area contributed by atoms with Gasteiger partial charge in [-0.2, -0.15) is 0 Å². The molecule has 2 nitrogen and oxygen atoms in total. The normalized spacial score (nSPS) is 16.1. The summed E-state index contributed by atoms with van der Waals surface area (Å²) in [6.45, 7) is 0.605. The molecule has 0 atom stereocenters. The molecule has 0 amide bonds. The summed E-state index contributed by atoms with van der Waals surface area (Å²) >= 11 is 0. The molecule has 1 aromatic rings. The predicted octanol–water partition coefficient (Wildman–Crippen LogP) is 2.23. The highest BCUT2D eigenvalue weighted by Crippen LogP contribution is 2.35. The summed E-state index contributed by atoms with van der Waals surface area (Å²) in [6, 6.07) is 2.19. The van der Waals surface area contributed by atoms with E-state index in [1.807, 2.05) is 12.4 Å². The minimum atomic E-state index is 0. The van der Waals surface area contributed by atoms with Crippen molar-refractivity contribution in [1.29, 1.82) is 0 Å². The molecule has 0 saturated heterocycles. The molecule has 0 bridgehead atoms. The average molecular weight is 199 g/mol. The van der Waals surface area contributed by atoms with Crippen molar-refractivity contribution in [2.75, 3.05) is 0 Å². The molecule has 2 N–H and O–H groups in total. The zero-order chi connectivity index (χ0) is 8.39. The number of pyridine rings is 1. The van der Waals surface area contributed by atoms with E-state index in [4.69, 9.17) is 5.73 Å². The summed E-state index contributed by atoms with van der Waals surface area (Å²) in [4.78, 5) is 4.18. The quantitative estimate of drug-likeness (QED) is 0.792. The molecule has 0 aliphatic heterocycles. The van der Waals surface area contributed by atoms with E-state index in [0.29, 0.717) is 6.54 Å². The van der Waals surface area contributed by atoms with Gasteiger partial charge in [0.15, 0.2) is 0 Å². The summed E-state index contributed by atoms with van der Waals surface area (Å²) < 4.78 is 0. The number of nitrogens with two attached hydrogens (primary N) is 1. The lowest BCUT2D eigenvalue weighted by Crippen LogP contribution is -2.10. The van der Waals surface area contributed by atoms with E-state index in [1.54, 1.807) is 0 Å². The summed E-state index contributed by atoms with van der Waals surface area (Å²) in [5.74, 6) is 0.768. The second kappa shape index (κ2) is 4.58. The largest absolute Gasteiger partial charge is 0.326 e. The lowest BCUT2D eigenvalue weighted by molar-refractivity contribution is 0.418. The van der Waals surface area contributed by atoms with Crippen LogP contribution in [-0.2, 0) is 6.54 Å². The fraction of sp³-hybridized carbons (Fsp3) is 0.500. The Kier molecular flexibility index (Phi) is 3.70. The van der Waals surface area contributed by atoms with Crippen molar-refractivity contribution in [3.63, 3.8) is 0 Å². The van der Waals surface area contributed by atoms with Crippen LogP contribution in [0.5, 0.6) is 0 Å². The molecule has 0 aromatic carbocycles. The molecule has 3 heteroatoms. The van der Waals surface area contributed by atoms with Gasteiger partial charge in [0.2, 0.25) is 0 Å². The van der Waals surface area contributed by atoms with Crippen LogP contribution in [0.25, 0.3) is 0 Å². The van der Waals surface area contributed by atoms with Gasteiger partial charge < -0.3 is 5.73 Å². The van der Waals surface area contributed by atoms with Gasteiger partial charge in [-0.15, -0.1) is 12.4 Å². The minimum absolute atomic E-state index is 0. The minimum Gasteiger partial charge on any atom is -0.326 e. The van der Waals surface area contributed by atoms with E-state index in [9.17, 15) is 0 Å². The topological polar surface area (TPSA) is 38.9 Å². The molecular weight excluding hydrogens is 184 g/mol. The molecule has 2 rings (SSSR count). The van der Waals surface area contributed by atoms with Crippen molar-refractivity contribution >= 4 is 12.4 Å². The Morgan fingerprint density at radius 1 is 1.38 bits per heavy atom. The fourth-order valence-electron chi connectivity index (χ4n) is 1.58. The molecule has 72 valence electrons. The van der Waals surface area contributed by atoms with E-state index < -0.39 is 0 Å². The number of hydrogen-bond donors (Lipinski definition) is 1. The lowest BCUT2D eigenvalue weighted by Gasteiger charge is -2.25. The van der Waals surface area contributed by atoms with Gasteiger partial charge in [0.1, 0.15) is 0 Å². The van der Waals surface area contributed by atoms with Gasteiger partial charge in [0.25, 0.3) is 0 Å². The smallest absolute Gasteiger partial charge is 0.0312 e. The van der Waals surface area contributed by atoms with Crippen LogP contribution in [0.4, 0.5) is 0 Å². The van der Waals surface area contributed by atoms with Gasteiger partial charge in [-0.05, 0) is 29.9 Å². The number of rotatable bonds is 2. The Balaban J connectivity index is 0.000000845. The maximum atomic E-state index is 5.54. The summed E-state index contributed by atoms with van der Waals surface area (Å²) in [7, 11) is 0. The first-order valence-corrected chi connectivity index (χ1v) is 4.54. The van der Waals surface area contributed by atoms with Gasteiger partial charge in [0, 0.05) is 18.9 Å². The van der Waals surface area contributed by atoms with Crippen LogP contribution in [-0.4, -0.2) is 4.98 Å². The average Bonchev–Trinajstić information content (AvgIpc) is 2.02. The van der Waals surface area contributed by atoms with Crippen LogP contribution in [0.3, 0.4) is 0 Å². The number of halogens is 1. The highest BCUT2D eigenvalue weighted by atomic mass is 35.5. The Bertz CT molecular complexity index is 271. The molecular formula is C10H15ClN2. The predicted molar refractivity (Wildman–Crippen MR) is 56.0 cm³/mol. The molecule has 13 heavy (non-hydrogen) atoms. The van der Waals surface area contributed by atoms with Gasteiger partial charge in [-0.25, -0.2) is 0 Å². The zero-order valence-electron chi connectivity index (χ0n) is 7.57. The number of hydrogen-bond acceptors (Lipinski definition) is 2. The Hall–Kier alpha value is -0.600. The standard InChI is InChI=1S/C10H14N2.ClH/c11-5-8-4-10(7-12-6-8)9-2-1-3-9;/h4,6-7,9H,1-3,5,11H2;1H. The van der Waals surface area contributed by atoms with Crippen LogP contribution in [0.1, 0.15) is 36.3 Å². The first-order valence-electron chi connectivity index (χ1n) is 4.54. The van der Waals surface area contributed by atoms with Crippen molar-refractivity contribution in [3.05, 3.63) is 29.6 Å². The van der Waals surface area contributed by atoms with E-state index >= 15 is 0 Å². The fourth-order valence-corrected chi connectivity index (χ4v) is 1.58. The third kappa shape index (κ3) is 2.20. The molecule has 1 aliphatic rings. The molecule has 0 unspecified atom stereocenters. The molecule has 1 aliphatic carbocycles. The first-order chi connectivity index (χ1) is 5.90. The first kappa shape index (κ1) is 10.5. The third-order valence-electron chi connectivity index (χ3n) is 2.63. The molecule has 1 saturated carbocycles. The molecule has 0 radical (unpaired) electrons. The van der Waals surface area contributed by atoms with Crippen molar-refractivity contribution < 1.29 is 0 Å². The van der Waals surface area contributed by atoms with Gasteiger partial charge in [0.05, 0.1) is 0 Å². The van der Waals surface area contributed by atoms with Crippen LogP contribution in [0.15, 0.2) is 18.5 Å². The van der Waals surface area contributed by atoms with E-state index in [2.05, 4.69) is 11.1 Å². The van der Waals surface area contributed by atoms with Crippen LogP contribution < -0.4 is 5.73 Å². The van der Waals surface area contributed by atoms with E-state index in [-0.39, 0.29) is 12.4 Å². The van der Waals surface area contributed by atoms with Crippen molar-refractivity contribution in [3.8, 4) is 0 Å². The lowest BCUT2D eigenvalue weighted by atomic mass is 9.80. The number of nitrogens with zero attached hydrogens (tertiary/aromatic N) is 1. The maximum Gasteiger partial charge on any atom is 0.0312 e. The van der Waals surface area contributed by atoms with Crippen molar-refractivity contribution in [2.45, 2.75) is 31.7 Å². The summed E-state index contributed by atoms with van der Waals surface area (Å²) in [5, 5.41) is 0. The highest BCUT2D eigenvalue weighted by Gasteiger charge is 2.19. The van der Waals surface area contributed by atoms with Crippen molar-refractivity contribution in [2.24, 2.45) is 5.73 Å². The monoisotopic (exact) mass is 198 g/mol. The molecule has 1 aromatic heterocycles. The van der Waals surface area contributed by atoms with E-state index in [1.165, 1.54) is 24.8 Å². The molecule has 1 heterocycles. The second-order valence-electron chi connectivity index (χ2n) is 3.46. The van der Waals surface area contributed by atoms with E-state index in [0.717, 1.165) is 11.5 Å². The van der Waals surface area contributed by atoms with Crippen LogP contribution >= 0.6 is 12.4 Å². The summed E-state index contributed by atoms with van der Waals surface area (Å²) in [5.41, 5.74) is 8.07. The maximum absolute atomic E-state index is 5.54.